The van der Waals surface area contributed by atoms with Crippen molar-refractivity contribution >= 4 is 22.4 Å². The molecule has 19 heavy (non-hydrogen) atoms. The van der Waals surface area contributed by atoms with Crippen LogP contribution in [0.2, 0.25) is 0 Å². The fourth-order valence-electron chi connectivity index (χ4n) is 2.05. The molecule has 0 N–H and O–H groups in total. The molecule has 0 spiro atoms. The lowest BCUT2D eigenvalue weighted by Crippen LogP contribution is -1.99. The zero-order valence-corrected chi connectivity index (χ0v) is 12.1. The molecular formula is C16H15BrO2. The maximum absolute atomic E-state index is 10.2. The number of halogens is 1. The van der Waals surface area contributed by atoms with Crippen molar-refractivity contribution in [3.05, 3.63) is 59.7 Å². The van der Waals surface area contributed by atoms with Crippen molar-refractivity contribution in [2.45, 2.75) is 11.8 Å². The largest absolute Gasteiger partial charge is 0.468 e. The van der Waals surface area contributed by atoms with Gasteiger partial charge in [0.15, 0.2) is 0 Å². The second-order valence-electron chi connectivity index (χ2n) is 4.21. The van der Waals surface area contributed by atoms with Crippen molar-refractivity contribution in [2.75, 3.05) is 6.61 Å². The van der Waals surface area contributed by atoms with Crippen LogP contribution in [0.25, 0.3) is 11.1 Å². The van der Waals surface area contributed by atoms with Crippen molar-refractivity contribution in [1.29, 1.82) is 0 Å². The monoisotopic (exact) mass is 318 g/mol. The van der Waals surface area contributed by atoms with Crippen LogP contribution in [-0.2, 0) is 21.3 Å². The zero-order chi connectivity index (χ0) is 13.5. The first kappa shape index (κ1) is 13.8. The van der Waals surface area contributed by atoms with E-state index in [1.54, 1.807) is 0 Å². The molecule has 0 aliphatic heterocycles. The Morgan fingerprint density at radius 3 is 2.58 bits per heavy atom. The van der Waals surface area contributed by atoms with Gasteiger partial charge < -0.3 is 4.74 Å². The topological polar surface area (TPSA) is 26.3 Å². The molecule has 0 aliphatic rings. The summed E-state index contributed by atoms with van der Waals surface area (Å²) in [5, 5.41) is 0.823. The molecule has 0 saturated heterocycles. The molecule has 0 amide bonds. The number of carbonyl (C=O) groups excluding carboxylic acids is 1. The predicted molar refractivity (Wildman–Crippen MR) is 80.2 cm³/mol. The predicted octanol–water partition coefficient (Wildman–Crippen LogP) is 3.96. The molecule has 0 aliphatic carbocycles. The first-order valence-electron chi connectivity index (χ1n) is 6.13. The molecule has 0 fully saturated rings. The van der Waals surface area contributed by atoms with Crippen molar-refractivity contribution in [2.24, 2.45) is 0 Å². The fourth-order valence-corrected chi connectivity index (χ4v) is 2.40. The van der Waals surface area contributed by atoms with Gasteiger partial charge in [-0.15, -0.1) is 0 Å². The Kier molecular flexibility index (Phi) is 5.16. The lowest BCUT2D eigenvalue weighted by Gasteiger charge is -2.11. The van der Waals surface area contributed by atoms with Crippen LogP contribution in [0.3, 0.4) is 0 Å². The molecule has 0 heterocycles. The van der Waals surface area contributed by atoms with Gasteiger partial charge in [0.05, 0.1) is 6.61 Å². The molecule has 2 aromatic carbocycles. The van der Waals surface area contributed by atoms with Crippen molar-refractivity contribution in [3.63, 3.8) is 0 Å². The number of hydrogen-bond donors (Lipinski definition) is 0. The van der Waals surface area contributed by atoms with Crippen molar-refractivity contribution in [3.8, 4) is 11.1 Å². The van der Waals surface area contributed by atoms with Gasteiger partial charge in [-0.05, 0) is 22.3 Å². The lowest BCUT2D eigenvalue weighted by atomic mass is 9.96. The van der Waals surface area contributed by atoms with E-state index in [4.69, 9.17) is 4.74 Å². The van der Waals surface area contributed by atoms with Gasteiger partial charge in [0, 0.05) is 11.8 Å². The van der Waals surface area contributed by atoms with Crippen LogP contribution in [0, 0.1) is 0 Å². The second-order valence-corrected chi connectivity index (χ2v) is 4.77. The summed E-state index contributed by atoms with van der Waals surface area (Å²) in [6.07, 6.45) is 0.726. The van der Waals surface area contributed by atoms with E-state index in [0.717, 1.165) is 11.8 Å². The van der Waals surface area contributed by atoms with Crippen LogP contribution in [0.4, 0.5) is 0 Å². The van der Waals surface area contributed by atoms with Gasteiger partial charge in [0.1, 0.15) is 0 Å². The summed E-state index contributed by atoms with van der Waals surface area (Å²) in [7, 11) is 0. The molecule has 2 aromatic rings. The third-order valence-corrected chi connectivity index (χ3v) is 3.61. The van der Waals surface area contributed by atoms with E-state index in [2.05, 4.69) is 46.3 Å². The molecule has 0 bridgehead atoms. The Bertz CT molecular complexity index is 538. The zero-order valence-electron chi connectivity index (χ0n) is 10.5. The van der Waals surface area contributed by atoms with Crippen LogP contribution in [0.5, 0.6) is 0 Å². The average Bonchev–Trinajstić information content (AvgIpc) is 2.48. The number of benzene rings is 2. The van der Waals surface area contributed by atoms with Gasteiger partial charge in [-0.2, -0.15) is 0 Å². The minimum absolute atomic E-state index is 0.412. The highest BCUT2D eigenvalue weighted by Gasteiger charge is 2.06. The number of ether oxygens (including phenoxy) is 1. The Morgan fingerprint density at radius 2 is 1.89 bits per heavy atom. The van der Waals surface area contributed by atoms with E-state index >= 15 is 0 Å². The minimum atomic E-state index is 0.412. The number of carbonyl (C=O) groups is 1. The molecule has 2 rings (SSSR count). The highest BCUT2D eigenvalue weighted by molar-refractivity contribution is 9.08. The van der Waals surface area contributed by atoms with E-state index in [0.29, 0.717) is 13.1 Å². The normalized spacial score (nSPS) is 10.2. The van der Waals surface area contributed by atoms with Gasteiger partial charge in [-0.3, -0.25) is 4.79 Å². The van der Waals surface area contributed by atoms with Crippen LogP contribution >= 0.6 is 15.9 Å². The van der Waals surface area contributed by atoms with E-state index in [1.807, 2.05) is 18.2 Å². The Labute approximate surface area is 121 Å². The first-order valence-corrected chi connectivity index (χ1v) is 7.25. The summed E-state index contributed by atoms with van der Waals surface area (Å²) in [5.41, 5.74) is 4.80. The van der Waals surface area contributed by atoms with Crippen molar-refractivity contribution < 1.29 is 9.53 Å². The minimum Gasteiger partial charge on any atom is -0.468 e. The number of hydrogen-bond acceptors (Lipinski definition) is 2. The first-order chi connectivity index (χ1) is 9.35. The van der Waals surface area contributed by atoms with E-state index < -0.39 is 0 Å². The van der Waals surface area contributed by atoms with Crippen LogP contribution < -0.4 is 0 Å². The van der Waals surface area contributed by atoms with Gasteiger partial charge in [0.25, 0.3) is 6.47 Å². The van der Waals surface area contributed by atoms with Crippen molar-refractivity contribution in [1.82, 2.24) is 0 Å². The third-order valence-electron chi connectivity index (χ3n) is 2.97. The van der Waals surface area contributed by atoms with Gasteiger partial charge in [-0.1, -0.05) is 64.5 Å². The second kappa shape index (κ2) is 7.10. The molecule has 3 heteroatoms. The van der Waals surface area contributed by atoms with Crippen LogP contribution in [0.1, 0.15) is 11.1 Å². The molecule has 98 valence electrons. The Balaban J connectivity index is 2.33. The highest BCUT2D eigenvalue weighted by atomic mass is 79.9. The fraction of sp³-hybridized carbons (Fsp3) is 0.188. The highest BCUT2D eigenvalue weighted by Crippen LogP contribution is 2.26. The standard InChI is InChI=1S/C16H15BrO2/c17-11-13-6-7-16(14-4-2-1-3-5-14)15(10-13)8-9-19-12-18/h1-7,10,12H,8-9,11H2. The van der Waals surface area contributed by atoms with E-state index in [9.17, 15) is 4.79 Å². The summed E-state index contributed by atoms with van der Waals surface area (Å²) < 4.78 is 4.81. The smallest absolute Gasteiger partial charge is 0.293 e. The third kappa shape index (κ3) is 3.67. The van der Waals surface area contributed by atoms with Crippen LogP contribution in [-0.4, -0.2) is 13.1 Å². The maximum Gasteiger partial charge on any atom is 0.293 e. The molecule has 0 saturated carbocycles. The molecule has 0 radical (unpaired) electrons. The van der Waals surface area contributed by atoms with E-state index in [1.165, 1.54) is 22.3 Å². The SMILES string of the molecule is O=COCCc1cc(CBr)ccc1-c1ccccc1. The maximum atomic E-state index is 10.2. The quantitative estimate of drug-likeness (QED) is 0.458. The summed E-state index contributed by atoms with van der Waals surface area (Å²) in [4.78, 5) is 10.2. The molecular weight excluding hydrogens is 304 g/mol. The molecule has 2 nitrogen and oxygen atoms in total. The number of rotatable bonds is 6. The van der Waals surface area contributed by atoms with Gasteiger partial charge in [0.2, 0.25) is 0 Å². The summed E-state index contributed by atoms with van der Waals surface area (Å²) >= 11 is 3.47. The summed E-state index contributed by atoms with van der Waals surface area (Å²) in [6.45, 7) is 0.908. The lowest BCUT2D eigenvalue weighted by molar-refractivity contribution is -0.128. The Morgan fingerprint density at radius 1 is 1.11 bits per heavy atom. The summed E-state index contributed by atoms with van der Waals surface area (Å²) in [5.74, 6) is 0. The average molecular weight is 319 g/mol. The number of alkyl halides is 1. The van der Waals surface area contributed by atoms with E-state index in [-0.39, 0.29) is 0 Å². The van der Waals surface area contributed by atoms with Gasteiger partial charge in [-0.25, -0.2) is 0 Å². The Hall–Kier alpha value is -1.61. The molecule has 0 aromatic heterocycles. The summed E-state index contributed by atoms with van der Waals surface area (Å²) in [6, 6.07) is 16.6. The molecule has 0 atom stereocenters. The molecule has 0 unspecified atom stereocenters. The van der Waals surface area contributed by atoms with Gasteiger partial charge >= 0.3 is 0 Å². The van der Waals surface area contributed by atoms with Crippen LogP contribution in [0.15, 0.2) is 48.5 Å².